The van der Waals surface area contributed by atoms with Gasteiger partial charge in [-0.1, -0.05) is 0 Å². The van der Waals surface area contributed by atoms with Gasteiger partial charge in [0.2, 0.25) is 11.8 Å². The topological polar surface area (TPSA) is 73.5 Å². The normalized spacial score (nSPS) is 22.0. The number of carbonyl (C=O) groups excluding carboxylic acids is 2. The average Bonchev–Trinajstić information content (AvgIpc) is 2.55. The Hall–Kier alpha value is -2.22. The maximum absolute atomic E-state index is 14.3. The second-order valence-corrected chi connectivity index (χ2v) is 5.65. The first kappa shape index (κ1) is 15.7. The summed E-state index contributed by atoms with van der Waals surface area (Å²) in [7, 11) is 0. The van der Waals surface area contributed by atoms with E-state index < -0.39 is 23.6 Å². The predicted molar refractivity (Wildman–Crippen MR) is 81.2 cm³/mol. The third-order valence-electron chi connectivity index (χ3n) is 4.09. The standard InChI is InChI=1S/C15H18F2N4O2/c16-13-9(19-10-2-4-12(22)20-15(10)23)1-3-11(14(13)17)21-7-5-18-6-8-21/h1,3,10,18-19H,2,4-8H2,(H,20,22,23). The summed E-state index contributed by atoms with van der Waals surface area (Å²) in [5, 5.41) is 8.01. The number of carbonyl (C=O) groups is 2. The van der Waals surface area contributed by atoms with Crippen LogP contribution in [-0.4, -0.2) is 44.0 Å². The molecule has 1 unspecified atom stereocenters. The Balaban J connectivity index is 1.77. The SMILES string of the molecule is O=C1CCC(Nc2ccc(N3CCNCC3)c(F)c2F)C(=O)N1. The number of nitrogens with zero attached hydrogens (tertiary/aromatic N) is 1. The quantitative estimate of drug-likeness (QED) is 0.710. The molecule has 0 saturated carbocycles. The van der Waals surface area contributed by atoms with Crippen molar-refractivity contribution in [2.45, 2.75) is 18.9 Å². The maximum atomic E-state index is 14.3. The summed E-state index contributed by atoms with van der Waals surface area (Å²) >= 11 is 0. The first-order valence-electron chi connectivity index (χ1n) is 7.60. The molecule has 2 aliphatic heterocycles. The highest BCUT2D eigenvalue weighted by atomic mass is 19.2. The lowest BCUT2D eigenvalue weighted by Crippen LogP contribution is -2.47. The van der Waals surface area contributed by atoms with Gasteiger partial charge < -0.3 is 15.5 Å². The Morgan fingerprint density at radius 2 is 1.87 bits per heavy atom. The van der Waals surface area contributed by atoms with Gasteiger partial charge in [0.1, 0.15) is 6.04 Å². The summed E-state index contributed by atoms with van der Waals surface area (Å²) in [4.78, 5) is 24.6. The monoisotopic (exact) mass is 324 g/mol. The van der Waals surface area contributed by atoms with Crippen molar-refractivity contribution in [3.8, 4) is 0 Å². The highest BCUT2D eigenvalue weighted by molar-refractivity contribution is 6.01. The van der Waals surface area contributed by atoms with Crippen LogP contribution in [0.4, 0.5) is 20.2 Å². The fraction of sp³-hybridized carbons (Fsp3) is 0.467. The van der Waals surface area contributed by atoms with E-state index in [-0.39, 0.29) is 30.1 Å². The van der Waals surface area contributed by atoms with Crippen molar-refractivity contribution in [3.05, 3.63) is 23.8 Å². The molecule has 0 aliphatic carbocycles. The second kappa shape index (κ2) is 6.49. The van der Waals surface area contributed by atoms with E-state index in [0.717, 1.165) is 13.1 Å². The lowest BCUT2D eigenvalue weighted by atomic mass is 10.1. The van der Waals surface area contributed by atoms with Crippen LogP contribution in [0, 0.1) is 11.6 Å². The van der Waals surface area contributed by atoms with Crippen molar-refractivity contribution in [2.24, 2.45) is 0 Å². The zero-order valence-corrected chi connectivity index (χ0v) is 12.5. The van der Waals surface area contributed by atoms with E-state index in [9.17, 15) is 18.4 Å². The van der Waals surface area contributed by atoms with E-state index >= 15 is 0 Å². The molecule has 2 amide bonds. The predicted octanol–water partition coefficient (Wildman–Crippen LogP) is 0.591. The van der Waals surface area contributed by atoms with Gasteiger partial charge in [-0.15, -0.1) is 0 Å². The third-order valence-corrected chi connectivity index (χ3v) is 4.09. The maximum Gasteiger partial charge on any atom is 0.249 e. The van der Waals surface area contributed by atoms with E-state index in [4.69, 9.17) is 0 Å². The Morgan fingerprint density at radius 3 is 2.57 bits per heavy atom. The number of anilines is 2. The van der Waals surface area contributed by atoms with Gasteiger partial charge in [0, 0.05) is 32.6 Å². The van der Waals surface area contributed by atoms with Gasteiger partial charge in [-0.05, 0) is 18.6 Å². The molecule has 0 radical (unpaired) electrons. The minimum atomic E-state index is -1.01. The molecule has 2 fully saturated rings. The minimum absolute atomic E-state index is 0.0733. The number of hydrogen-bond donors (Lipinski definition) is 3. The summed E-state index contributed by atoms with van der Waals surface area (Å²) in [6.45, 7) is 2.65. The van der Waals surface area contributed by atoms with E-state index in [0.29, 0.717) is 13.1 Å². The molecule has 2 aliphatic rings. The number of imide groups is 1. The van der Waals surface area contributed by atoms with Crippen LogP contribution in [-0.2, 0) is 9.59 Å². The van der Waals surface area contributed by atoms with Crippen molar-refractivity contribution in [3.63, 3.8) is 0 Å². The average molecular weight is 324 g/mol. The number of rotatable bonds is 3. The summed E-state index contributed by atoms with van der Waals surface area (Å²) < 4.78 is 28.6. The van der Waals surface area contributed by atoms with Crippen LogP contribution >= 0.6 is 0 Å². The number of nitrogens with one attached hydrogen (secondary N) is 3. The van der Waals surface area contributed by atoms with E-state index in [2.05, 4.69) is 16.0 Å². The smallest absolute Gasteiger partial charge is 0.249 e. The van der Waals surface area contributed by atoms with Crippen LogP contribution in [0.3, 0.4) is 0 Å². The minimum Gasteiger partial charge on any atom is -0.371 e. The highest BCUT2D eigenvalue weighted by Crippen LogP contribution is 2.28. The van der Waals surface area contributed by atoms with E-state index in [1.165, 1.54) is 12.1 Å². The summed E-state index contributed by atoms with van der Waals surface area (Å²) in [6, 6.07) is 2.20. The molecule has 6 nitrogen and oxygen atoms in total. The zero-order chi connectivity index (χ0) is 16.4. The van der Waals surface area contributed by atoms with Gasteiger partial charge in [0.15, 0.2) is 11.6 Å². The van der Waals surface area contributed by atoms with Crippen molar-refractivity contribution >= 4 is 23.2 Å². The van der Waals surface area contributed by atoms with Gasteiger partial charge in [-0.25, -0.2) is 8.78 Å². The number of amides is 2. The van der Waals surface area contributed by atoms with Crippen LogP contribution in [0.2, 0.25) is 0 Å². The molecule has 0 bridgehead atoms. The number of halogens is 2. The molecule has 1 aromatic carbocycles. The first-order valence-corrected chi connectivity index (χ1v) is 7.60. The lowest BCUT2D eigenvalue weighted by Gasteiger charge is -2.30. The van der Waals surface area contributed by atoms with Crippen LogP contribution in [0.5, 0.6) is 0 Å². The molecule has 2 saturated heterocycles. The molecule has 0 spiro atoms. The molecule has 8 heteroatoms. The van der Waals surface area contributed by atoms with Crippen molar-refractivity contribution in [1.29, 1.82) is 0 Å². The number of piperidine rings is 1. The summed E-state index contributed by atoms with van der Waals surface area (Å²) in [6.07, 6.45) is 0.428. The lowest BCUT2D eigenvalue weighted by molar-refractivity contribution is -0.133. The first-order chi connectivity index (χ1) is 11.1. The van der Waals surface area contributed by atoms with Crippen LogP contribution < -0.4 is 20.9 Å². The molecule has 23 heavy (non-hydrogen) atoms. The summed E-state index contributed by atoms with van der Waals surface area (Å²) in [5.41, 5.74) is 0.147. The van der Waals surface area contributed by atoms with Crippen LogP contribution in [0.15, 0.2) is 12.1 Å². The van der Waals surface area contributed by atoms with Gasteiger partial charge >= 0.3 is 0 Å². The Morgan fingerprint density at radius 1 is 1.13 bits per heavy atom. The molecule has 1 aromatic rings. The zero-order valence-electron chi connectivity index (χ0n) is 12.5. The fourth-order valence-electron chi connectivity index (χ4n) is 2.82. The Kier molecular flexibility index (Phi) is 4.42. The molecule has 124 valence electrons. The Bertz CT molecular complexity index is 632. The Labute approximate surface area is 132 Å². The van der Waals surface area contributed by atoms with E-state index in [1.54, 1.807) is 4.90 Å². The molecule has 2 heterocycles. The molecule has 0 aromatic heterocycles. The second-order valence-electron chi connectivity index (χ2n) is 5.65. The van der Waals surface area contributed by atoms with Crippen molar-refractivity contribution in [2.75, 3.05) is 36.4 Å². The third kappa shape index (κ3) is 3.26. The van der Waals surface area contributed by atoms with Crippen LogP contribution in [0.25, 0.3) is 0 Å². The van der Waals surface area contributed by atoms with Gasteiger partial charge in [0.25, 0.3) is 0 Å². The molecule has 3 N–H and O–H groups in total. The van der Waals surface area contributed by atoms with Gasteiger partial charge in [-0.2, -0.15) is 0 Å². The van der Waals surface area contributed by atoms with Crippen LogP contribution in [0.1, 0.15) is 12.8 Å². The van der Waals surface area contributed by atoms with E-state index in [1.807, 2.05) is 0 Å². The van der Waals surface area contributed by atoms with Gasteiger partial charge in [-0.3, -0.25) is 14.9 Å². The van der Waals surface area contributed by atoms with Gasteiger partial charge in [0.05, 0.1) is 11.4 Å². The summed E-state index contributed by atoms with van der Waals surface area (Å²) in [5.74, 6) is -2.81. The van der Waals surface area contributed by atoms with Crippen molar-refractivity contribution < 1.29 is 18.4 Å². The highest BCUT2D eigenvalue weighted by Gasteiger charge is 2.28. The number of hydrogen-bond acceptors (Lipinski definition) is 5. The molecule has 1 atom stereocenters. The molecule has 3 rings (SSSR count). The molecular formula is C15H18F2N4O2. The fourth-order valence-corrected chi connectivity index (χ4v) is 2.82. The largest absolute Gasteiger partial charge is 0.371 e. The number of benzene rings is 1. The molecular weight excluding hydrogens is 306 g/mol. The van der Waals surface area contributed by atoms with Crippen molar-refractivity contribution in [1.82, 2.24) is 10.6 Å². The number of piperazine rings is 1.